The molecule has 0 amide bonds. The Morgan fingerprint density at radius 3 is 2.60 bits per heavy atom. The summed E-state index contributed by atoms with van der Waals surface area (Å²) in [5, 5.41) is 6.91. The van der Waals surface area contributed by atoms with Crippen molar-refractivity contribution in [1.82, 2.24) is 5.32 Å². The van der Waals surface area contributed by atoms with Crippen LogP contribution in [0.1, 0.15) is 19.4 Å². The van der Waals surface area contributed by atoms with E-state index < -0.39 is 0 Å². The van der Waals surface area contributed by atoms with Crippen molar-refractivity contribution in [2.75, 3.05) is 11.9 Å². The first kappa shape index (κ1) is 18.8. The largest absolute Gasteiger partial charge is 0.491 e. The van der Waals surface area contributed by atoms with E-state index in [4.69, 9.17) is 21.7 Å². The average Bonchev–Trinajstić information content (AvgIpc) is 2.59. The Balaban J connectivity index is 1.83. The van der Waals surface area contributed by atoms with Gasteiger partial charge in [0.25, 0.3) is 0 Å². The molecule has 0 bridgehead atoms. The van der Waals surface area contributed by atoms with Crippen molar-refractivity contribution in [2.45, 2.75) is 26.5 Å². The fourth-order valence-corrected chi connectivity index (χ4v) is 2.32. The fraction of sp³-hybridized carbons (Fsp3) is 0.250. The maximum Gasteiger partial charge on any atom is 0.171 e. The van der Waals surface area contributed by atoms with Gasteiger partial charge in [0.1, 0.15) is 18.1 Å². The minimum absolute atomic E-state index is 0.173. The fourth-order valence-electron chi connectivity index (χ4n) is 2.13. The molecule has 2 rings (SSSR count). The second kappa shape index (κ2) is 9.69. The molecule has 2 N–H and O–H groups in total. The number of rotatable bonds is 8. The van der Waals surface area contributed by atoms with E-state index >= 15 is 0 Å². The molecule has 0 radical (unpaired) electrons. The van der Waals surface area contributed by atoms with Crippen molar-refractivity contribution in [3.63, 3.8) is 0 Å². The minimum atomic E-state index is 0.173. The molecule has 25 heavy (non-hydrogen) atoms. The third-order valence-electron chi connectivity index (χ3n) is 3.21. The van der Waals surface area contributed by atoms with Gasteiger partial charge in [-0.05, 0) is 55.9 Å². The van der Waals surface area contributed by atoms with E-state index in [0.29, 0.717) is 18.3 Å². The van der Waals surface area contributed by atoms with Crippen molar-refractivity contribution in [1.29, 1.82) is 0 Å². The van der Waals surface area contributed by atoms with Crippen LogP contribution in [0.2, 0.25) is 0 Å². The van der Waals surface area contributed by atoms with Gasteiger partial charge in [0.15, 0.2) is 5.11 Å². The zero-order chi connectivity index (χ0) is 18.1. The van der Waals surface area contributed by atoms with E-state index in [-0.39, 0.29) is 6.10 Å². The molecule has 0 atom stereocenters. The molecule has 0 aliphatic rings. The van der Waals surface area contributed by atoms with Gasteiger partial charge in [0, 0.05) is 18.3 Å². The Morgan fingerprint density at radius 1 is 1.16 bits per heavy atom. The molecule has 4 nitrogen and oxygen atoms in total. The topological polar surface area (TPSA) is 42.5 Å². The summed E-state index contributed by atoms with van der Waals surface area (Å²) in [6.07, 6.45) is 1.89. The molecule has 0 fully saturated rings. The normalized spacial score (nSPS) is 10.2. The highest BCUT2D eigenvalue weighted by Gasteiger charge is 2.02. The van der Waals surface area contributed by atoms with E-state index in [9.17, 15) is 0 Å². The highest BCUT2D eigenvalue weighted by Crippen LogP contribution is 2.17. The highest BCUT2D eigenvalue weighted by molar-refractivity contribution is 7.80. The van der Waals surface area contributed by atoms with Crippen LogP contribution in [-0.2, 0) is 6.54 Å². The number of ether oxygens (including phenoxy) is 2. The average molecular weight is 356 g/mol. The summed E-state index contributed by atoms with van der Waals surface area (Å²) < 4.78 is 11.1. The van der Waals surface area contributed by atoms with Crippen LogP contribution in [0.5, 0.6) is 11.5 Å². The number of anilines is 1. The minimum Gasteiger partial charge on any atom is -0.491 e. The monoisotopic (exact) mass is 356 g/mol. The van der Waals surface area contributed by atoms with Crippen LogP contribution >= 0.6 is 12.2 Å². The van der Waals surface area contributed by atoms with Gasteiger partial charge in [-0.3, -0.25) is 0 Å². The quantitative estimate of drug-likeness (QED) is 0.537. The Bertz CT molecular complexity index is 699. The van der Waals surface area contributed by atoms with Crippen molar-refractivity contribution < 1.29 is 9.47 Å². The molecule has 0 spiro atoms. The van der Waals surface area contributed by atoms with Crippen molar-refractivity contribution in [3.05, 3.63) is 66.7 Å². The number of benzene rings is 2. The molecule has 2 aromatic carbocycles. The van der Waals surface area contributed by atoms with Crippen LogP contribution in [0.4, 0.5) is 5.69 Å². The lowest BCUT2D eigenvalue weighted by molar-refractivity contribution is 0.242. The standard InChI is InChI=1S/C20H24N2O2S/c1-4-12-23-19-7-5-6-17(13-19)22-20(25)21-14-16-8-10-18(11-9-16)24-15(2)3/h4-11,13,15H,1,12,14H2,2-3H3,(H2,21,22,25). The Hall–Kier alpha value is -2.53. The molecule has 5 heteroatoms. The van der Waals surface area contributed by atoms with Crippen LogP contribution in [0.3, 0.4) is 0 Å². The van der Waals surface area contributed by atoms with Gasteiger partial charge in [0.2, 0.25) is 0 Å². The van der Waals surface area contributed by atoms with Gasteiger partial charge < -0.3 is 20.1 Å². The summed E-state index contributed by atoms with van der Waals surface area (Å²) in [5.41, 5.74) is 2.00. The summed E-state index contributed by atoms with van der Waals surface area (Å²) in [7, 11) is 0. The molecule has 0 aliphatic carbocycles. The summed E-state index contributed by atoms with van der Waals surface area (Å²) in [5.74, 6) is 1.64. The number of nitrogens with one attached hydrogen (secondary N) is 2. The first-order valence-electron chi connectivity index (χ1n) is 8.21. The number of thiocarbonyl (C=S) groups is 1. The zero-order valence-corrected chi connectivity index (χ0v) is 15.4. The van der Waals surface area contributed by atoms with Crippen molar-refractivity contribution in [3.8, 4) is 11.5 Å². The van der Waals surface area contributed by atoms with Crippen LogP contribution < -0.4 is 20.1 Å². The molecule has 0 heterocycles. The van der Waals surface area contributed by atoms with Gasteiger partial charge in [-0.2, -0.15) is 0 Å². The molecular weight excluding hydrogens is 332 g/mol. The molecule has 0 saturated heterocycles. The highest BCUT2D eigenvalue weighted by atomic mass is 32.1. The molecule has 0 saturated carbocycles. The van der Waals surface area contributed by atoms with Gasteiger partial charge in [-0.1, -0.05) is 30.9 Å². The van der Waals surface area contributed by atoms with E-state index in [1.54, 1.807) is 6.08 Å². The Labute approximate surface area is 154 Å². The molecule has 0 aliphatic heterocycles. The van der Waals surface area contributed by atoms with Crippen LogP contribution in [0.25, 0.3) is 0 Å². The number of hydrogen-bond acceptors (Lipinski definition) is 3. The summed E-state index contributed by atoms with van der Waals surface area (Å²) in [6.45, 7) is 8.78. The third kappa shape index (κ3) is 6.85. The lowest BCUT2D eigenvalue weighted by Gasteiger charge is -2.13. The maximum atomic E-state index is 5.64. The SMILES string of the molecule is C=CCOc1cccc(NC(=S)NCc2ccc(OC(C)C)cc2)c1. The van der Waals surface area contributed by atoms with Crippen molar-refractivity contribution in [2.24, 2.45) is 0 Å². The predicted molar refractivity (Wildman–Crippen MR) is 107 cm³/mol. The number of hydrogen-bond donors (Lipinski definition) is 2. The van der Waals surface area contributed by atoms with E-state index in [0.717, 1.165) is 22.7 Å². The van der Waals surface area contributed by atoms with Gasteiger partial charge in [-0.25, -0.2) is 0 Å². The zero-order valence-electron chi connectivity index (χ0n) is 14.6. The molecule has 0 unspecified atom stereocenters. The second-order valence-electron chi connectivity index (χ2n) is 5.75. The van der Waals surface area contributed by atoms with E-state index in [2.05, 4.69) is 17.2 Å². The van der Waals surface area contributed by atoms with E-state index in [1.807, 2.05) is 62.4 Å². The molecular formula is C20H24N2O2S. The maximum absolute atomic E-state index is 5.64. The predicted octanol–water partition coefficient (Wildman–Crippen LogP) is 4.53. The van der Waals surface area contributed by atoms with Gasteiger partial charge in [0.05, 0.1) is 6.10 Å². The Morgan fingerprint density at radius 2 is 1.92 bits per heavy atom. The summed E-state index contributed by atoms with van der Waals surface area (Å²) >= 11 is 5.34. The molecule has 2 aromatic rings. The summed E-state index contributed by atoms with van der Waals surface area (Å²) in [6, 6.07) is 15.6. The smallest absolute Gasteiger partial charge is 0.171 e. The molecule has 132 valence electrons. The summed E-state index contributed by atoms with van der Waals surface area (Å²) in [4.78, 5) is 0. The lowest BCUT2D eigenvalue weighted by atomic mass is 10.2. The first-order chi connectivity index (χ1) is 12.1. The van der Waals surface area contributed by atoms with Gasteiger partial charge >= 0.3 is 0 Å². The second-order valence-corrected chi connectivity index (χ2v) is 6.15. The van der Waals surface area contributed by atoms with Crippen LogP contribution in [-0.4, -0.2) is 17.8 Å². The third-order valence-corrected chi connectivity index (χ3v) is 3.45. The first-order valence-corrected chi connectivity index (χ1v) is 8.62. The van der Waals surface area contributed by atoms with Gasteiger partial charge in [-0.15, -0.1) is 0 Å². The van der Waals surface area contributed by atoms with Crippen LogP contribution in [0, 0.1) is 0 Å². The Kier molecular flexibility index (Phi) is 7.29. The molecule has 0 aromatic heterocycles. The van der Waals surface area contributed by atoms with E-state index in [1.165, 1.54) is 0 Å². The van der Waals surface area contributed by atoms with Crippen molar-refractivity contribution >= 4 is 23.0 Å². The van der Waals surface area contributed by atoms with Crippen LogP contribution in [0.15, 0.2) is 61.2 Å². The lowest BCUT2D eigenvalue weighted by Crippen LogP contribution is -2.27.